The summed E-state index contributed by atoms with van der Waals surface area (Å²) >= 11 is 0. The van der Waals surface area contributed by atoms with Crippen molar-refractivity contribution in [2.75, 3.05) is 17.5 Å². The van der Waals surface area contributed by atoms with Crippen LogP contribution in [-0.4, -0.2) is 44.5 Å². The molecule has 0 unspecified atom stereocenters. The Morgan fingerprint density at radius 3 is 2.36 bits per heavy atom. The van der Waals surface area contributed by atoms with Crippen molar-refractivity contribution < 1.29 is 32.1 Å². The van der Waals surface area contributed by atoms with E-state index in [1.807, 2.05) is 0 Å². The number of hydrogen-bond acceptors (Lipinski definition) is 9. The number of ether oxygens (including phenoxy) is 1. The van der Waals surface area contributed by atoms with Gasteiger partial charge in [-0.25, -0.2) is 18.1 Å². The molecule has 0 aliphatic heterocycles. The highest BCUT2D eigenvalue weighted by molar-refractivity contribution is 7.92. The van der Waals surface area contributed by atoms with Gasteiger partial charge in [0.15, 0.2) is 6.61 Å². The molecular weight excluding hydrogens is 566 g/mol. The molecule has 2 N–H and O–H groups in total. The highest BCUT2D eigenvalue weighted by Crippen LogP contribution is 2.31. The highest BCUT2D eigenvalue weighted by Gasteiger charge is 2.31. The molecular formula is C28H25N5O8S. The fourth-order valence-electron chi connectivity index (χ4n) is 3.64. The van der Waals surface area contributed by atoms with Crippen LogP contribution < -0.4 is 19.8 Å². The number of nitro benzene ring substituents is 1. The van der Waals surface area contributed by atoms with Crippen molar-refractivity contribution >= 4 is 39.4 Å². The first kappa shape index (κ1) is 29.5. The number of hydrazone groups is 1. The number of carbonyl (C=O) groups is 2. The zero-order valence-corrected chi connectivity index (χ0v) is 22.8. The molecule has 13 nitrogen and oxygen atoms in total. The van der Waals surface area contributed by atoms with E-state index in [1.165, 1.54) is 54.9 Å². The Kier molecular flexibility index (Phi) is 9.63. The third kappa shape index (κ3) is 7.79. The number of rotatable bonds is 13. The van der Waals surface area contributed by atoms with E-state index in [2.05, 4.69) is 15.8 Å². The van der Waals surface area contributed by atoms with Gasteiger partial charge in [-0.1, -0.05) is 30.3 Å². The lowest BCUT2D eigenvalue weighted by molar-refractivity contribution is -0.384. The first-order valence-corrected chi connectivity index (χ1v) is 13.8. The van der Waals surface area contributed by atoms with Crippen LogP contribution in [0.4, 0.5) is 11.4 Å². The van der Waals surface area contributed by atoms with Gasteiger partial charge in [-0.2, -0.15) is 5.10 Å². The molecule has 0 fully saturated rings. The van der Waals surface area contributed by atoms with Crippen LogP contribution in [0.5, 0.6) is 5.75 Å². The number of anilines is 1. The number of nitrogens with zero attached hydrogens (tertiary/aromatic N) is 3. The SMILES string of the molecule is O=C(COc1ccc(/C=N\NC(=O)CN(c2ccccc2[N+](=O)[O-])S(=O)(=O)c2ccccc2)cc1)NCc1ccco1. The Morgan fingerprint density at radius 2 is 1.67 bits per heavy atom. The quantitative estimate of drug-likeness (QED) is 0.135. The molecule has 14 heteroatoms. The van der Waals surface area contributed by atoms with Crippen molar-refractivity contribution in [2.45, 2.75) is 11.4 Å². The van der Waals surface area contributed by atoms with Crippen molar-refractivity contribution in [2.24, 2.45) is 5.10 Å². The molecule has 0 aliphatic rings. The lowest BCUT2D eigenvalue weighted by atomic mass is 10.2. The molecule has 0 saturated heterocycles. The lowest BCUT2D eigenvalue weighted by Crippen LogP contribution is -2.39. The normalized spacial score (nSPS) is 11.1. The van der Waals surface area contributed by atoms with Gasteiger partial charge >= 0.3 is 0 Å². The minimum absolute atomic E-state index is 0.142. The molecule has 0 radical (unpaired) electrons. The maximum atomic E-state index is 13.4. The molecule has 0 spiro atoms. The predicted octanol–water partition coefficient (Wildman–Crippen LogP) is 3.23. The predicted molar refractivity (Wildman–Crippen MR) is 152 cm³/mol. The Morgan fingerprint density at radius 1 is 0.952 bits per heavy atom. The molecule has 1 aromatic heterocycles. The highest BCUT2D eigenvalue weighted by atomic mass is 32.2. The van der Waals surface area contributed by atoms with Crippen LogP contribution in [0.3, 0.4) is 0 Å². The minimum atomic E-state index is -4.34. The largest absolute Gasteiger partial charge is 0.484 e. The first-order chi connectivity index (χ1) is 20.2. The van der Waals surface area contributed by atoms with Crippen LogP contribution in [-0.2, 0) is 26.2 Å². The van der Waals surface area contributed by atoms with E-state index in [9.17, 15) is 28.1 Å². The van der Waals surface area contributed by atoms with Crippen molar-refractivity contribution in [3.63, 3.8) is 0 Å². The van der Waals surface area contributed by atoms with E-state index in [-0.39, 0.29) is 29.6 Å². The minimum Gasteiger partial charge on any atom is -0.484 e. The van der Waals surface area contributed by atoms with E-state index in [4.69, 9.17) is 9.15 Å². The number of furan rings is 1. The molecule has 0 bridgehead atoms. The maximum Gasteiger partial charge on any atom is 0.293 e. The molecule has 3 aromatic carbocycles. The average molecular weight is 592 g/mol. The summed E-state index contributed by atoms with van der Waals surface area (Å²) < 4.78 is 38.1. The second-order valence-corrected chi connectivity index (χ2v) is 10.4. The molecule has 42 heavy (non-hydrogen) atoms. The molecule has 1 heterocycles. The van der Waals surface area contributed by atoms with Crippen LogP contribution in [0.25, 0.3) is 0 Å². The van der Waals surface area contributed by atoms with Gasteiger partial charge in [-0.15, -0.1) is 0 Å². The monoisotopic (exact) mass is 591 g/mol. The summed E-state index contributed by atoms with van der Waals surface area (Å²) in [6.45, 7) is -0.727. The maximum absolute atomic E-state index is 13.4. The van der Waals surface area contributed by atoms with Crippen molar-refractivity contribution in [1.29, 1.82) is 0 Å². The van der Waals surface area contributed by atoms with Crippen LogP contribution in [0.15, 0.2) is 112 Å². The Bertz CT molecular complexity index is 1660. The fourth-order valence-corrected chi connectivity index (χ4v) is 5.10. The number of carbonyl (C=O) groups excluding carboxylic acids is 2. The molecule has 4 aromatic rings. The van der Waals surface area contributed by atoms with Gasteiger partial charge in [-0.3, -0.25) is 19.7 Å². The van der Waals surface area contributed by atoms with E-state index in [0.29, 0.717) is 21.4 Å². The second-order valence-electron chi connectivity index (χ2n) is 8.58. The van der Waals surface area contributed by atoms with Gasteiger partial charge in [0.1, 0.15) is 23.7 Å². The second kappa shape index (κ2) is 13.7. The number of amides is 2. The van der Waals surface area contributed by atoms with Crippen molar-refractivity contribution in [1.82, 2.24) is 10.7 Å². The molecule has 0 atom stereocenters. The van der Waals surface area contributed by atoms with Gasteiger partial charge in [-0.05, 0) is 60.2 Å². The smallest absolute Gasteiger partial charge is 0.293 e. The zero-order chi connectivity index (χ0) is 30.0. The summed E-state index contributed by atoms with van der Waals surface area (Å²) in [5.74, 6) is -0.116. The summed E-state index contributed by atoms with van der Waals surface area (Å²) in [4.78, 5) is 35.4. The van der Waals surface area contributed by atoms with Gasteiger partial charge in [0.2, 0.25) is 0 Å². The van der Waals surface area contributed by atoms with Crippen molar-refractivity contribution in [3.05, 3.63) is 119 Å². The molecule has 216 valence electrons. The molecule has 0 saturated carbocycles. The number of hydrogen-bond donors (Lipinski definition) is 2. The fraction of sp³-hybridized carbons (Fsp3) is 0.107. The molecule has 4 rings (SSSR count). The summed E-state index contributed by atoms with van der Waals surface area (Å²) in [5.41, 5.74) is 2.06. The van der Waals surface area contributed by atoms with E-state index < -0.39 is 33.1 Å². The number of sulfonamides is 1. The first-order valence-electron chi connectivity index (χ1n) is 12.4. The molecule has 0 aliphatic carbocycles. The number of nitro groups is 1. The zero-order valence-electron chi connectivity index (χ0n) is 22.0. The standard InChI is InChI=1S/C28H25N5O8S/c34-27(19-32(25-10-4-5-11-26(25)33(36)37)42(38,39)24-8-2-1-3-9-24)31-30-17-21-12-14-22(15-13-21)41-20-28(35)29-18-23-7-6-16-40-23/h1-17H,18-20H2,(H,29,35)(H,31,34)/b30-17-. The third-order valence-corrected chi connectivity index (χ3v) is 7.43. The Labute approximate surface area is 240 Å². The van der Waals surface area contributed by atoms with Crippen molar-refractivity contribution in [3.8, 4) is 5.75 Å². The van der Waals surface area contributed by atoms with Crippen LogP contribution >= 0.6 is 0 Å². The van der Waals surface area contributed by atoms with Gasteiger partial charge < -0.3 is 14.5 Å². The number of nitrogens with one attached hydrogen (secondary N) is 2. The number of benzene rings is 3. The average Bonchev–Trinajstić information content (AvgIpc) is 3.53. The molecule has 2 amide bonds. The topological polar surface area (TPSA) is 173 Å². The van der Waals surface area contributed by atoms with E-state index in [0.717, 1.165) is 6.07 Å². The van der Waals surface area contributed by atoms with E-state index in [1.54, 1.807) is 42.5 Å². The van der Waals surface area contributed by atoms with Crippen LogP contribution in [0, 0.1) is 10.1 Å². The van der Waals surface area contributed by atoms with Gasteiger partial charge in [0.25, 0.3) is 27.5 Å². The summed E-state index contributed by atoms with van der Waals surface area (Å²) in [5, 5.41) is 18.1. The Balaban J connectivity index is 1.37. The third-order valence-electron chi connectivity index (χ3n) is 5.66. The van der Waals surface area contributed by atoms with Gasteiger partial charge in [0.05, 0.1) is 28.8 Å². The summed E-state index contributed by atoms with van der Waals surface area (Å²) in [7, 11) is -4.34. The van der Waals surface area contributed by atoms with E-state index >= 15 is 0 Å². The summed E-state index contributed by atoms with van der Waals surface area (Å²) in [6.07, 6.45) is 2.83. The van der Waals surface area contributed by atoms with Gasteiger partial charge in [0, 0.05) is 6.07 Å². The summed E-state index contributed by atoms with van der Waals surface area (Å²) in [6, 6.07) is 22.4. The van der Waals surface area contributed by atoms with Crippen LogP contribution in [0.1, 0.15) is 11.3 Å². The lowest BCUT2D eigenvalue weighted by Gasteiger charge is -2.23. The Hall–Kier alpha value is -5.50. The number of para-hydroxylation sites is 2. The van der Waals surface area contributed by atoms with Crippen LogP contribution in [0.2, 0.25) is 0 Å².